The van der Waals surface area contributed by atoms with Crippen molar-refractivity contribution in [3.8, 4) is 0 Å². The zero-order chi connectivity index (χ0) is 10.5. The number of aldehydes is 1. The fourth-order valence-electron chi connectivity index (χ4n) is 1.20. The van der Waals surface area contributed by atoms with Crippen molar-refractivity contribution in [3.63, 3.8) is 0 Å². The second kappa shape index (κ2) is 4.70. The van der Waals surface area contributed by atoms with Gasteiger partial charge in [0.1, 0.15) is 5.69 Å². The van der Waals surface area contributed by atoms with Gasteiger partial charge < -0.3 is 5.32 Å². The van der Waals surface area contributed by atoms with E-state index in [2.05, 4.69) is 10.3 Å². The molecule has 0 unspecified atom stereocenters. The summed E-state index contributed by atoms with van der Waals surface area (Å²) in [4.78, 5) is 14.5. The number of anilines is 1. The molecule has 76 valence electrons. The Kier molecular flexibility index (Phi) is 3.09. The smallest absolute Gasteiger partial charge is 0.183 e. The van der Waals surface area contributed by atoms with Gasteiger partial charge in [-0.25, -0.2) is 4.98 Å². The minimum Gasteiger partial charge on any atom is -0.357 e. The lowest BCUT2D eigenvalue weighted by molar-refractivity contribution is 0.111. The third kappa shape index (κ3) is 2.63. The quantitative estimate of drug-likeness (QED) is 0.802. The molecule has 0 aliphatic carbocycles. The number of carbonyl (C=O) groups is 1. The summed E-state index contributed by atoms with van der Waals surface area (Å²) < 4.78 is 0. The third-order valence-corrected chi connectivity index (χ3v) is 2.75. The summed E-state index contributed by atoms with van der Waals surface area (Å²) in [6.07, 6.45) is 0.754. The van der Waals surface area contributed by atoms with Crippen LogP contribution < -0.4 is 5.32 Å². The molecule has 2 rings (SSSR count). The Morgan fingerprint density at radius 2 is 2.13 bits per heavy atom. The Bertz CT molecular complexity index is 439. The molecular formula is C11H10N2OS. The van der Waals surface area contributed by atoms with Crippen molar-refractivity contribution in [1.29, 1.82) is 0 Å². The van der Waals surface area contributed by atoms with Crippen molar-refractivity contribution >= 4 is 22.8 Å². The van der Waals surface area contributed by atoms with E-state index < -0.39 is 0 Å². The fourth-order valence-corrected chi connectivity index (χ4v) is 1.85. The minimum atomic E-state index is 0.482. The largest absolute Gasteiger partial charge is 0.357 e. The van der Waals surface area contributed by atoms with Crippen LogP contribution in [0.3, 0.4) is 0 Å². The van der Waals surface area contributed by atoms with Gasteiger partial charge in [0.15, 0.2) is 11.4 Å². The monoisotopic (exact) mass is 218 g/mol. The van der Waals surface area contributed by atoms with E-state index in [9.17, 15) is 4.79 Å². The molecule has 1 N–H and O–H groups in total. The van der Waals surface area contributed by atoms with E-state index >= 15 is 0 Å². The first-order valence-electron chi connectivity index (χ1n) is 4.57. The molecule has 1 aromatic carbocycles. The predicted octanol–water partition coefficient (Wildman–Crippen LogP) is 2.57. The summed E-state index contributed by atoms with van der Waals surface area (Å²) in [7, 11) is 0. The second-order valence-corrected chi connectivity index (χ2v) is 3.89. The molecule has 0 aliphatic heterocycles. The van der Waals surface area contributed by atoms with Gasteiger partial charge in [0.2, 0.25) is 0 Å². The first kappa shape index (κ1) is 9.86. The van der Waals surface area contributed by atoms with Gasteiger partial charge >= 0.3 is 0 Å². The molecule has 0 spiro atoms. The molecule has 0 fully saturated rings. The summed E-state index contributed by atoms with van der Waals surface area (Å²) >= 11 is 1.44. The Morgan fingerprint density at radius 1 is 1.33 bits per heavy atom. The van der Waals surface area contributed by atoms with Crippen molar-refractivity contribution in [2.24, 2.45) is 0 Å². The highest BCUT2D eigenvalue weighted by Crippen LogP contribution is 2.14. The van der Waals surface area contributed by atoms with E-state index in [1.165, 1.54) is 16.9 Å². The van der Waals surface area contributed by atoms with E-state index in [1.807, 2.05) is 30.3 Å². The standard InChI is InChI=1S/C11H10N2OS/c14-7-10-8-15-11(13-10)12-6-9-4-2-1-3-5-9/h1-5,7-8H,6H2,(H,12,13). The van der Waals surface area contributed by atoms with E-state index in [0.29, 0.717) is 5.69 Å². The third-order valence-electron chi connectivity index (χ3n) is 1.93. The van der Waals surface area contributed by atoms with Crippen molar-refractivity contribution in [3.05, 3.63) is 47.0 Å². The van der Waals surface area contributed by atoms with Crippen molar-refractivity contribution < 1.29 is 4.79 Å². The van der Waals surface area contributed by atoms with Gasteiger partial charge in [0.05, 0.1) is 0 Å². The Morgan fingerprint density at radius 3 is 2.80 bits per heavy atom. The number of hydrogen-bond acceptors (Lipinski definition) is 4. The van der Waals surface area contributed by atoms with Gasteiger partial charge in [-0.2, -0.15) is 0 Å². The topological polar surface area (TPSA) is 42.0 Å². The molecule has 15 heavy (non-hydrogen) atoms. The maximum atomic E-state index is 10.4. The number of hydrogen-bond donors (Lipinski definition) is 1. The number of carbonyl (C=O) groups excluding carboxylic acids is 1. The average Bonchev–Trinajstić information content (AvgIpc) is 2.76. The van der Waals surface area contributed by atoms with Crippen molar-refractivity contribution in [2.45, 2.75) is 6.54 Å². The molecule has 0 amide bonds. The number of nitrogens with one attached hydrogen (secondary N) is 1. The Balaban J connectivity index is 1.96. The number of aromatic nitrogens is 1. The van der Waals surface area contributed by atoms with Gasteiger partial charge in [-0.05, 0) is 5.56 Å². The average molecular weight is 218 g/mol. The van der Waals surface area contributed by atoms with E-state index in [0.717, 1.165) is 18.0 Å². The molecule has 0 saturated heterocycles. The molecule has 3 nitrogen and oxygen atoms in total. The summed E-state index contributed by atoms with van der Waals surface area (Å²) in [5, 5.41) is 5.68. The summed E-state index contributed by atoms with van der Waals surface area (Å²) in [6.45, 7) is 0.729. The lowest BCUT2D eigenvalue weighted by atomic mass is 10.2. The van der Waals surface area contributed by atoms with Gasteiger partial charge in [-0.15, -0.1) is 11.3 Å². The number of nitrogens with zero attached hydrogens (tertiary/aromatic N) is 1. The molecule has 1 aromatic heterocycles. The highest BCUT2D eigenvalue weighted by molar-refractivity contribution is 7.13. The van der Waals surface area contributed by atoms with E-state index in [-0.39, 0.29) is 0 Å². The second-order valence-electron chi connectivity index (χ2n) is 3.03. The number of benzene rings is 1. The SMILES string of the molecule is O=Cc1csc(NCc2ccccc2)n1. The van der Waals surface area contributed by atoms with Gasteiger partial charge in [-0.1, -0.05) is 30.3 Å². The number of thiazole rings is 1. The van der Waals surface area contributed by atoms with Crippen LogP contribution in [0.25, 0.3) is 0 Å². The first-order chi connectivity index (χ1) is 7.38. The van der Waals surface area contributed by atoms with Gasteiger partial charge in [0.25, 0.3) is 0 Å². The maximum Gasteiger partial charge on any atom is 0.183 e. The Labute approximate surface area is 91.8 Å². The zero-order valence-electron chi connectivity index (χ0n) is 8.01. The van der Waals surface area contributed by atoms with Crippen LogP contribution in [-0.4, -0.2) is 11.3 Å². The highest BCUT2D eigenvalue weighted by Gasteiger charge is 1.99. The van der Waals surface area contributed by atoms with Crippen LogP contribution >= 0.6 is 11.3 Å². The molecular weight excluding hydrogens is 208 g/mol. The van der Waals surface area contributed by atoms with Crippen LogP contribution in [0.2, 0.25) is 0 Å². The highest BCUT2D eigenvalue weighted by atomic mass is 32.1. The van der Waals surface area contributed by atoms with Crippen LogP contribution in [0, 0.1) is 0 Å². The predicted molar refractivity (Wildman–Crippen MR) is 61.3 cm³/mol. The molecule has 0 saturated carbocycles. The summed E-state index contributed by atoms with van der Waals surface area (Å²) in [6, 6.07) is 10.1. The van der Waals surface area contributed by atoms with Crippen LogP contribution in [0.4, 0.5) is 5.13 Å². The maximum absolute atomic E-state index is 10.4. The van der Waals surface area contributed by atoms with Crippen LogP contribution in [-0.2, 0) is 6.54 Å². The minimum absolute atomic E-state index is 0.482. The van der Waals surface area contributed by atoms with Crippen LogP contribution in [0.5, 0.6) is 0 Å². The molecule has 0 atom stereocenters. The van der Waals surface area contributed by atoms with Crippen LogP contribution in [0.1, 0.15) is 16.1 Å². The molecule has 0 radical (unpaired) electrons. The van der Waals surface area contributed by atoms with Crippen molar-refractivity contribution in [1.82, 2.24) is 4.98 Å². The number of rotatable bonds is 4. The molecule has 0 aliphatic rings. The van der Waals surface area contributed by atoms with E-state index in [1.54, 1.807) is 5.38 Å². The normalized spacial score (nSPS) is 9.87. The molecule has 0 bridgehead atoms. The van der Waals surface area contributed by atoms with Gasteiger partial charge in [-0.3, -0.25) is 4.79 Å². The summed E-state index contributed by atoms with van der Waals surface area (Å²) in [5.41, 5.74) is 1.68. The van der Waals surface area contributed by atoms with Crippen LogP contribution in [0.15, 0.2) is 35.7 Å². The lowest BCUT2D eigenvalue weighted by Gasteiger charge is -2.01. The van der Waals surface area contributed by atoms with Gasteiger partial charge in [0, 0.05) is 11.9 Å². The van der Waals surface area contributed by atoms with Crippen molar-refractivity contribution in [2.75, 3.05) is 5.32 Å². The summed E-state index contributed by atoms with van der Waals surface area (Å²) in [5.74, 6) is 0. The molecule has 1 heterocycles. The zero-order valence-corrected chi connectivity index (χ0v) is 8.83. The lowest BCUT2D eigenvalue weighted by Crippen LogP contribution is -1.98. The van der Waals surface area contributed by atoms with E-state index in [4.69, 9.17) is 0 Å². The molecule has 2 aromatic rings. The Hall–Kier alpha value is -1.68. The molecule has 4 heteroatoms. The fraction of sp³-hybridized carbons (Fsp3) is 0.0909. The first-order valence-corrected chi connectivity index (χ1v) is 5.45.